The molecule has 0 atom stereocenters. The number of likely N-dealkylation sites (tertiary alicyclic amines) is 1. The molecule has 0 spiro atoms. The highest BCUT2D eigenvalue weighted by Gasteiger charge is 2.41. The Balaban J connectivity index is 1.69. The summed E-state index contributed by atoms with van der Waals surface area (Å²) in [5.74, 6) is -5.37. The van der Waals surface area contributed by atoms with Crippen LogP contribution in [0, 0.1) is 11.6 Å². The Kier molecular flexibility index (Phi) is 6.54. The largest absolute Gasteiger partial charge is 0.454 e. The monoisotopic (exact) mass is 560 g/mol. The van der Waals surface area contributed by atoms with E-state index in [4.69, 9.17) is 4.74 Å². The van der Waals surface area contributed by atoms with Crippen molar-refractivity contribution in [1.29, 1.82) is 0 Å². The van der Waals surface area contributed by atoms with Crippen LogP contribution >= 0.6 is 11.3 Å². The molecule has 4 aromatic rings. The molecule has 11 heteroatoms. The predicted molar refractivity (Wildman–Crippen MR) is 140 cm³/mol. The van der Waals surface area contributed by atoms with Crippen LogP contribution in [-0.4, -0.2) is 39.5 Å². The number of hydrogen-bond acceptors (Lipinski definition) is 5. The van der Waals surface area contributed by atoms with Crippen molar-refractivity contribution in [3.8, 4) is 22.6 Å². The Morgan fingerprint density at radius 2 is 1.79 bits per heavy atom. The minimum absolute atomic E-state index is 0.0974. The molecule has 39 heavy (non-hydrogen) atoms. The summed E-state index contributed by atoms with van der Waals surface area (Å²) >= 11 is 0.904. The number of aromatic nitrogens is 1. The minimum Gasteiger partial charge on any atom is -0.454 e. The number of pyridine rings is 1. The maximum atomic E-state index is 14.5. The van der Waals surface area contributed by atoms with Gasteiger partial charge in [0.1, 0.15) is 16.3 Å². The molecule has 3 heterocycles. The van der Waals surface area contributed by atoms with Gasteiger partial charge >= 0.3 is 0 Å². The number of halogens is 4. The first-order chi connectivity index (χ1) is 18.2. The number of nitrogens with zero attached hydrogens (tertiary/aromatic N) is 2. The van der Waals surface area contributed by atoms with Gasteiger partial charge < -0.3 is 19.3 Å². The topological polar surface area (TPSA) is 71.8 Å². The molecule has 5 rings (SSSR count). The number of rotatable bonds is 5. The first kappa shape index (κ1) is 26.9. The zero-order valence-electron chi connectivity index (χ0n) is 21.2. The van der Waals surface area contributed by atoms with Gasteiger partial charge in [-0.1, -0.05) is 6.07 Å². The van der Waals surface area contributed by atoms with Crippen LogP contribution in [-0.2, 0) is 12.6 Å². The molecule has 0 radical (unpaired) electrons. The molecule has 0 unspecified atom stereocenters. The molecule has 6 nitrogen and oxygen atoms in total. The smallest absolute Gasteiger partial charge is 0.268 e. The first-order valence-corrected chi connectivity index (χ1v) is 12.9. The van der Waals surface area contributed by atoms with Crippen LogP contribution in [0.1, 0.15) is 35.5 Å². The normalized spacial score (nSPS) is 15.2. The van der Waals surface area contributed by atoms with Crippen LogP contribution in [0.3, 0.4) is 0 Å². The van der Waals surface area contributed by atoms with Crippen LogP contribution < -0.4 is 10.3 Å². The average molecular weight is 561 g/mol. The van der Waals surface area contributed by atoms with Gasteiger partial charge in [0.2, 0.25) is 0 Å². The van der Waals surface area contributed by atoms with Gasteiger partial charge in [0.15, 0.2) is 11.6 Å². The lowest BCUT2D eigenvalue weighted by molar-refractivity contribution is 0.0121. The number of carbonyl (C=O) groups excluding carboxylic acids is 1. The van der Waals surface area contributed by atoms with Crippen LogP contribution in [0.15, 0.2) is 53.5 Å². The van der Waals surface area contributed by atoms with Crippen LogP contribution in [0.25, 0.3) is 21.2 Å². The summed E-state index contributed by atoms with van der Waals surface area (Å²) in [5.41, 5.74) is -0.390. The van der Waals surface area contributed by atoms with Crippen LogP contribution in [0.5, 0.6) is 11.5 Å². The van der Waals surface area contributed by atoms with Crippen molar-refractivity contribution in [3.05, 3.63) is 81.1 Å². The zero-order chi connectivity index (χ0) is 28.3. The van der Waals surface area contributed by atoms with Gasteiger partial charge in [0, 0.05) is 48.8 Å². The molecular formula is C28H24F4N2O4S. The van der Waals surface area contributed by atoms with Gasteiger partial charge in [0.05, 0.1) is 17.0 Å². The van der Waals surface area contributed by atoms with E-state index in [0.29, 0.717) is 28.1 Å². The summed E-state index contributed by atoms with van der Waals surface area (Å²) in [4.78, 5) is 27.3. The third-order valence-electron chi connectivity index (χ3n) is 6.62. The quantitative estimate of drug-likeness (QED) is 0.302. The van der Waals surface area contributed by atoms with Crippen molar-refractivity contribution in [2.75, 3.05) is 13.1 Å². The number of carbonyl (C=O) groups is 1. The number of thiophene rings is 1. The summed E-state index contributed by atoms with van der Waals surface area (Å²) in [6.07, 6.45) is 1.09. The number of aliphatic hydroxyl groups is 1. The molecule has 2 aromatic carbocycles. The highest BCUT2D eigenvalue weighted by atomic mass is 32.1. The summed E-state index contributed by atoms with van der Waals surface area (Å²) in [7, 11) is 1.52. The second kappa shape index (κ2) is 9.49. The van der Waals surface area contributed by atoms with E-state index < -0.39 is 47.6 Å². The van der Waals surface area contributed by atoms with Crippen molar-refractivity contribution < 1.29 is 32.2 Å². The molecule has 0 saturated carbocycles. The Hall–Kier alpha value is -3.70. The molecule has 1 amide bonds. The second-order valence-electron chi connectivity index (χ2n) is 10.1. The highest BCUT2D eigenvalue weighted by molar-refractivity contribution is 7.20. The Morgan fingerprint density at radius 1 is 1.08 bits per heavy atom. The van der Waals surface area contributed by atoms with E-state index in [1.165, 1.54) is 29.9 Å². The highest BCUT2D eigenvalue weighted by Crippen LogP contribution is 2.41. The van der Waals surface area contributed by atoms with E-state index in [1.54, 1.807) is 26.0 Å². The van der Waals surface area contributed by atoms with E-state index in [2.05, 4.69) is 0 Å². The van der Waals surface area contributed by atoms with E-state index >= 15 is 0 Å². The Labute approximate surface area is 224 Å². The summed E-state index contributed by atoms with van der Waals surface area (Å²) < 4.78 is 62.8. The van der Waals surface area contributed by atoms with Crippen molar-refractivity contribution in [1.82, 2.24) is 9.47 Å². The number of aryl methyl sites for hydroxylation is 1. The minimum atomic E-state index is -2.97. The van der Waals surface area contributed by atoms with Gasteiger partial charge in [-0.25, -0.2) is 17.6 Å². The molecule has 204 valence electrons. The van der Waals surface area contributed by atoms with Gasteiger partial charge in [-0.2, -0.15) is 0 Å². The SMILES string of the molecule is Cn1cc(-c2cc(C(C)(C)O)ccc2Oc2ccc(F)cc2F)c2cc(C(=O)N3CCC(F)(F)C3)sc2c1=O. The first-order valence-electron chi connectivity index (χ1n) is 12.0. The van der Waals surface area contributed by atoms with E-state index in [9.17, 15) is 32.3 Å². The summed E-state index contributed by atoms with van der Waals surface area (Å²) in [6.45, 7) is 2.37. The number of alkyl halides is 2. The molecule has 1 aliphatic heterocycles. The van der Waals surface area contributed by atoms with E-state index in [1.807, 2.05) is 0 Å². The summed E-state index contributed by atoms with van der Waals surface area (Å²) in [5, 5.41) is 11.0. The fraction of sp³-hybridized carbons (Fsp3) is 0.286. The Morgan fingerprint density at radius 3 is 2.44 bits per heavy atom. The van der Waals surface area contributed by atoms with Gasteiger partial charge in [-0.05, 0) is 49.7 Å². The number of hydrogen-bond donors (Lipinski definition) is 1. The standard InChI is InChI=1S/C28H24F4N2O4S/c1-27(2,37)15-4-6-21(38-22-7-5-16(29)11-20(22)30)17(10-15)19-13-33(3)26(36)24-18(19)12-23(39-24)25(35)34-9-8-28(31,32)14-34/h4-7,10-13,37H,8-9,14H2,1-3H3. The average Bonchev–Trinajstić information content (AvgIpc) is 3.46. The lowest BCUT2D eigenvalue weighted by atomic mass is 9.93. The van der Waals surface area contributed by atoms with Crippen molar-refractivity contribution >= 4 is 27.3 Å². The number of benzene rings is 2. The fourth-order valence-corrected chi connectivity index (χ4v) is 5.63. The molecule has 0 bridgehead atoms. The molecule has 2 aromatic heterocycles. The summed E-state index contributed by atoms with van der Waals surface area (Å²) in [6, 6.07) is 9.09. The molecule has 1 N–H and O–H groups in total. The molecular weight excluding hydrogens is 536 g/mol. The number of ether oxygens (including phenoxy) is 1. The maximum Gasteiger partial charge on any atom is 0.268 e. The number of fused-ring (bicyclic) bond motifs is 1. The zero-order valence-corrected chi connectivity index (χ0v) is 22.0. The molecule has 1 saturated heterocycles. The predicted octanol–water partition coefficient (Wildman–Crippen LogP) is 6.05. The number of amides is 1. The molecule has 1 aliphatic rings. The van der Waals surface area contributed by atoms with Crippen LogP contribution in [0.2, 0.25) is 0 Å². The van der Waals surface area contributed by atoms with Crippen molar-refractivity contribution in [2.45, 2.75) is 31.8 Å². The molecule has 1 fully saturated rings. The van der Waals surface area contributed by atoms with Crippen LogP contribution in [0.4, 0.5) is 17.6 Å². The lowest BCUT2D eigenvalue weighted by Gasteiger charge is -2.21. The third-order valence-corrected chi connectivity index (χ3v) is 7.73. The van der Waals surface area contributed by atoms with Gasteiger partial charge in [0.25, 0.3) is 17.4 Å². The van der Waals surface area contributed by atoms with E-state index in [0.717, 1.165) is 28.4 Å². The lowest BCUT2D eigenvalue weighted by Crippen LogP contribution is -2.30. The molecule has 0 aliphatic carbocycles. The van der Waals surface area contributed by atoms with Gasteiger partial charge in [-0.15, -0.1) is 11.3 Å². The van der Waals surface area contributed by atoms with E-state index in [-0.39, 0.29) is 27.6 Å². The van der Waals surface area contributed by atoms with Crippen molar-refractivity contribution in [2.24, 2.45) is 7.05 Å². The van der Waals surface area contributed by atoms with Crippen molar-refractivity contribution in [3.63, 3.8) is 0 Å². The maximum absolute atomic E-state index is 14.5. The van der Waals surface area contributed by atoms with Gasteiger partial charge in [-0.3, -0.25) is 9.59 Å². The Bertz CT molecular complexity index is 1670. The fourth-order valence-electron chi connectivity index (χ4n) is 4.50. The third kappa shape index (κ3) is 5.16. The second-order valence-corrected chi connectivity index (χ2v) is 11.1.